The second kappa shape index (κ2) is 4.01. The minimum atomic E-state index is 0.863. The van der Waals surface area contributed by atoms with Crippen LogP contribution in [-0.2, 0) is 0 Å². The van der Waals surface area contributed by atoms with Gasteiger partial charge in [-0.2, -0.15) is 0 Å². The Kier molecular flexibility index (Phi) is 3.23. The first-order chi connectivity index (χ1) is 5.61. The predicted molar refractivity (Wildman–Crippen MR) is 59.5 cm³/mol. The van der Waals surface area contributed by atoms with E-state index in [0.29, 0.717) is 0 Å². The molecule has 0 saturated carbocycles. The van der Waals surface area contributed by atoms with Crippen LogP contribution in [0.1, 0.15) is 5.56 Å². The van der Waals surface area contributed by atoms with E-state index in [-0.39, 0.29) is 0 Å². The van der Waals surface area contributed by atoms with Gasteiger partial charge in [0.1, 0.15) is 4.99 Å². The van der Waals surface area contributed by atoms with Crippen LogP contribution in [0.15, 0.2) is 28.7 Å². The lowest BCUT2D eigenvalue weighted by atomic mass is 10.2. The number of halogens is 1. The third kappa shape index (κ3) is 2.29. The SMILES string of the molecule is CN(C)C(=S)c1ccc(Br)cc1. The molecule has 0 amide bonds. The van der Waals surface area contributed by atoms with Gasteiger partial charge >= 0.3 is 0 Å². The van der Waals surface area contributed by atoms with Crippen molar-refractivity contribution in [2.75, 3.05) is 14.1 Å². The Labute approximate surface area is 86.5 Å². The monoisotopic (exact) mass is 243 g/mol. The Morgan fingerprint density at radius 3 is 2.17 bits per heavy atom. The highest BCUT2D eigenvalue weighted by Crippen LogP contribution is 2.11. The summed E-state index contributed by atoms with van der Waals surface area (Å²) in [7, 11) is 3.90. The van der Waals surface area contributed by atoms with Gasteiger partial charge in [0.2, 0.25) is 0 Å². The molecular formula is C9H10BrNS. The second-order valence-electron chi connectivity index (χ2n) is 2.71. The summed E-state index contributed by atoms with van der Waals surface area (Å²) in [6.07, 6.45) is 0. The summed E-state index contributed by atoms with van der Waals surface area (Å²) in [5, 5.41) is 0. The fourth-order valence-corrected chi connectivity index (χ4v) is 1.25. The summed E-state index contributed by atoms with van der Waals surface area (Å²) in [5.41, 5.74) is 1.08. The fraction of sp³-hybridized carbons (Fsp3) is 0.222. The third-order valence-electron chi connectivity index (χ3n) is 1.50. The summed E-state index contributed by atoms with van der Waals surface area (Å²) in [4.78, 5) is 2.79. The maximum absolute atomic E-state index is 5.20. The molecule has 0 aromatic heterocycles. The highest BCUT2D eigenvalue weighted by Gasteiger charge is 2.01. The normalized spacial score (nSPS) is 9.58. The van der Waals surface area contributed by atoms with E-state index in [2.05, 4.69) is 15.9 Å². The van der Waals surface area contributed by atoms with Gasteiger partial charge in [0.25, 0.3) is 0 Å². The zero-order valence-electron chi connectivity index (χ0n) is 7.04. The lowest BCUT2D eigenvalue weighted by molar-refractivity contribution is 0.636. The molecule has 0 spiro atoms. The van der Waals surface area contributed by atoms with Gasteiger partial charge in [-0.25, -0.2) is 0 Å². The van der Waals surface area contributed by atoms with Crippen molar-refractivity contribution in [1.29, 1.82) is 0 Å². The van der Waals surface area contributed by atoms with Crippen molar-refractivity contribution in [2.45, 2.75) is 0 Å². The van der Waals surface area contributed by atoms with Gasteiger partial charge in [-0.15, -0.1) is 0 Å². The molecule has 0 saturated heterocycles. The van der Waals surface area contributed by atoms with Crippen LogP contribution in [0.5, 0.6) is 0 Å². The first kappa shape index (κ1) is 9.68. The maximum Gasteiger partial charge on any atom is 0.108 e. The first-order valence-corrected chi connectivity index (χ1v) is 4.78. The Morgan fingerprint density at radius 2 is 1.75 bits per heavy atom. The molecule has 1 nitrogen and oxygen atoms in total. The maximum atomic E-state index is 5.20. The molecule has 0 heterocycles. The molecule has 3 heteroatoms. The van der Waals surface area contributed by atoms with Crippen LogP contribution in [0.4, 0.5) is 0 Å². The van der Waals surface area contributed by atoms with E-state index in [1.165, 1.54) is 0 Å². The van der Waals surface area contributed by atoms with Gasteiger partial charge < -0.3 is 4.90 Å². The number of hydrogen-bond acceptors (Lipinski definition) is 1. The summed E-state index contributed by atoms with van der Waals surface area (Å²) >= 11 is 8.57. The minimum Gasteiger partial charge on any atom is -0.368 e. The minimum absolute atomic E-state index is 0.863. The van der Waals surface area contributed by atoms with Gasteiger partial charge in [-0.3, -0.25) is 0 Å². The molecule has 0 fully saturated rings. The number of rotatable bonds is 1. The van der Waals surface area contributed by atoms with Crippen molar-refractivity contribution in [3.8, 4) is 0 Å². The molecule has 64 valence electrons. The van der Waals surface area contributed by atoms with Crippen LogP contribution in [0.2, 0.25) is 0 Å². The molecular weight excluding hydrogens is 234 g/mol. The Bertz CT molecular complexity index is 279. The van der Waals surface area contributed by atoms with Crippen molar-refractivity contribution in [2.24, 2.45) is 0 Å². The first-order valence-electron chi connectivity index (χ1n) is 3.58. The molecule has 1 rings (SSSR count). The van der Waals surface area contributed by atoms with Crippen LogP contribution in [0.25, 0.3) is 0 Å². The van der Waals surface area contributed by atoms with E-state index in [9.17, 15) is 0 Å². The van der Waals surface area contributed by atoms with Gasteiger partial charge in [-0.05, 0) is 12.1 Å². The second-order valence-corrected chi connectivity index (χ2v) is 4.01. The van der Waals surface area contributed by atoms with E-state index in [1.807, 2.05) is 43.3 Å². The summed E-state index contributed by atoms with van der Waals surface area (Å²) in [5.74, 6) is 0. The van der Waals surface area contributed by atoms with Crippen molar-refractivity contribution in [3.05, 3.63) is 34.3 Å². The number of benzene rings is 1. The van der Waals surface area contributed by atoms with Crippen molar-refractivity contribution >= 4 is 33.1 Å². The topological polar surface area (TPSA) is 3.24 Å². The molecule has 0 radical (unpaired) electrons. The number of nitrogens with zero attached hydrogens (tertiary/aromatic N) is 1. The zero-order chi connectivity index (χ0) is 9.14. The highest BCUT2D eigenvalue weighted by molar-refractivity contribution is 9.10. The average molecular weight is 244 g/mol. The summed E-state index contributed by atoms with van der Waals surface area (Å²) < 4.78 is 1.08. The van der Waals surface area contributed by atoms with Crippen LogP contribution < -0.4 is 0 Å². The summed E-state index contributed by atoms with van der Waals surface area (Å²) in [6.45, 7) is 0. The molecule has 0 aliphatic rings. The molecule has 1 aromatic carbocycles. The molecule has 0 unspecified atom stereocenters. The van der Waals surface area contributed by atoms with Crippen LogP contribution in [0, 0.1) is 0 Å². The van der Waals surface area contributed by atoms with Gasteiger partial charge in [0.15, 0.2) is 0 Å². The standard InChI is InChI=1S/C9H10BrNS/c1-11(2)9(12)7-3-5-8(10)6-4-7/h3-6H,1-2H3. The third-order valence-corrected chi connectivity index (χ3v) is 2.63. The lowest BCUT2D eigenvalue weighted by Gasteiger charge is -2.13. The Balaban J connectivity index is 2.90. The van der Waals surface area contributed by atoms with Crippen molar-refractivity contribution in [1.82, 2.24) is 4.90 Å². The molecule has 0 bridgehead atoms. The van der Waals surface area contributed by atoms with E-state index in [0.717, 1.165) is 15.0 Å². The average Bonchev–Trinajstić information content (AvgIpc) is 2.04. The largest absolute Gasteiger partial charge is 0.368 e. The summed E-state index contributed by atoms with van der Waals surface area (Å²) in [6, 6.07) is 8.00. The van der Waals surface area contributed by atoms with E-state index in [1.54, 1.807) is 0 Å². The van der Waals surface area contributed by atoms with E-state index < -0.39 is 0 Å². The van der Waals surface area contributed by atoms with Gasteiger partial charge in [-0.1, -0.05) is 40.3 Å². The molecule has 0 N–H and O–H groups in total. The zero-order valence-corrected chi connectivity index (χ0v) is 9.45. The molecule has 0 atom stereocenters. The Morgan fingerprint density at radius 1 is 1.25 bits per heavy atom. The number of thiocarbonyl (C=S) groups is 1. The van der Waals surface area contributed by atoms with Crippen LogP contribution in [0.3, 0.4) is 0 Å². The van der Waals surface area contributed by atoms with Gasteiger partial charge in [0.05, 0.1) is 0 Å². The van der Waals surface area contributed by atoms with Crippen molar-refractivity contribution < 1.29 is 0 Å². The highest BCUT2D eigenvalue weighted by atomic mass is 79.9. The molecule has 1 aromatic rings. The van der Waals surface area contributed by atoms with E-state index in [4.69, 9.17) is 12.2 Å². The fourth-order valence-electron chi connectivity index (χ4n) is 0.851. The van der Waals surface area contributed by atoms with Crippen LogP contribution in [-0.4, -0.2) is 24.0 Å². The predicted octanol–water partition coefficient (Wildman–Crippen LogP) is 2.69. The van der Waals surface area contributed by atoms with Crippen LogP contribution >= 0.6 is 28.1 Å². The Hall–Kier alpha value is -0.410. The van der Waals surface area contributed by atoms with E-state index >= 15 is 0 Å². The molecule has 0 aliphatic heterocycles. The quantitative estimate of drug-likeness (QED) is 0.699. The number of hydrogen-bond donors (Lipinski definition) is 0. The smallest absolute Gasteiger partial charge is 0.108 e. The lowest BCUT2D eigenvalue weighted by Crippen LogP contribution is -2.20. The van der Waals surface area contributed by atoms with Gasteiger partial charge in [0, 0.05) is 24.1 Å². The molecule has 12 heavy (non-hydrogen) atoms. The molecule has 0 aliphatic carbocycles. The van der Waals surface area contributed by atoms with Crippen molar-refractivity contribution in [3.63, 3.8) is 0 Å².